The first-order valence-electron chi connectivity index (χ1n) is 9.59. The molecule has 4 aromatic rings. The first kappa shape index (κ1) is 16.7. The quantitative estimate of drug-likeness (QED) is 0.541. The fourth-order valence-corrected chi connectivity index (χ4v) is 3.78. The Balaban J connectivity index is 1.73. The zero-order valence-corrected chi connectivity index (χ0v) is 15.5. The first-order valence-corrected chi connectivity index (χ1v) is 9.59. The highest BCUT2D eigenvalue weighted by Crippen LogP contribution is 2.27. The summed E-state index contributed by atoms with van der Waals surface area (Å²) in [5, 5.41) is 0. The predicted molar refractivity (Wildman–Crippen MR) is 109 cm³/mol. The molecule has 0 radical (unpaired) electrons. The van der Waals surface area contributed by atoms with Crippen LogP contribution in [0.15, 0.2) is 73.1 Å². The van der Waals surface area contributed by atoms with Gasteiger partial charge in [0.25, 0.3) is 5.91 Å². The van der Waals surface area contributed by atoms with Gasteiger partial charge in [-0.05, 0) is 31.0 Å². The third-order valence-corrected chi connectivity index (χ3v) is 5.23. The van der Waals surface area contributed by atoms with Gasteiger partial charge in [0, 0.05) is 24.3 Å². The lowest BCUT2D eigenvalue weighted by Crippen LogP contribution is -2.28. The Labute approximate surface area is 163 Å². The van der Waals surface area contributed by atoms with Gasteiger partial charge in [-0.25, -0.2) is 9.97 Å². The molecule has 0 unspecified atom stereocenters. The second-order valence-electron chi connectivity index (χ2n) is 7.04. The molecule has 0 spiro atoms. The molecule has 5 rings (SSSR count). The number of benzene rings is 2. The Morgan fingerprint density at radius 3 is 2.29 bits per heavy atom. The Bertz CT molecular complexity index is 1130. The molecule has 5 nitrogen and oxygen atoms in total. The summed E-state index contributed by atoms with van der Waals surface area (Å²) in [7, 11) is 0. The van der Waals surface area contributed by atoms with E-state index in [1.54, 1.807) is 6.33 Å². The molecule has 1 fully saturated rings. The van der Waals surface area contributed by atoms with Crippen molar-refractivity contribution in [3.05, 3.63) is 78.6 Å². The highest BCUT2D eigenvalue weighted by Gasteiger charge is 2.24. The molecule has 0 saturated carbocycles. The van der Waals surface area contributed by atoms with Crippen molar-refractivity contribution in [1.82, 2.24) is 19.4 Å². The fourth-order valence-electron chi connectivity index (χ4n) is 3.78. The molecule has 1 saturated heterocycles. The minimum atomic E-state index is 0.0420. The number of likely N-dealkylation sites (tertiary alicyclic amines) is 1. The molecule has 3 heterocycles. The van der Waals surface area contributed by atoms with Crippen molar-refractivity contribution < 1.29 is 4.79 Å². The van der Waals surface area contributed by atoms with E-state index in [2.05, 4.69) is 4.98 Å². The number of rotatable bonds is 3. The number of hydrogen-bond donors (Lipinski definition) is 0. The van der Waals surface area contributed by atoms with Crippen molar-refractivity contribution in [3.63, 3.8) is 0 Å². The van der Waals surface area contributed by atoms with Gasteiger partial charge in [0.15, 0.2) is 5.65 Å². The SMILES string of the molecule is O=C(c1cc(-c2ccccc2)nc2c1ncn2-c1ccccc1)N1CCCC1. The number of imidazole rings is 1. The van der Waals surface area contributed by atoms with Crippen molar-refractivity contribution >= 4 is 17.1 Å². The molecule has 1 aliphatic heterocycles. The molecule has 28 heavy (non-hydrogen) atoms. The predicted octanol–water partition coefficient (Wildman–Crippen LogP) is 4.32. The summed E-state index contributed by atoms with van der Waals surface area (Å²) in [6, 6.07) is 21.8. The number of carbonyl (C=O) groups excluding carboxylic acids is 1. The second-order valence-corrected chi connectivity index (χ2v) is 7.04. The van der Waals surface area contributed by atoms with Gasteiger partial charge in [-0.15, -0.1) is 0 Å². The van der Waals surface area contributed by atoms with Gasteiger partial charge < -0.3 is 4.90 Å². The molecular formula is C23H20N4O. The van der Waals surface area contributed by atoms with Crippen LogP contribution in [0, 0.1) is 0 Å². The van der Waals surface area contributed by atoms with E-state index < -0.39 is 0 Å². The van der Waals surface area contributed by atoms with Crippen molar-refractivity contribution in [2.75, 3.05) is 13.1 Å². The highest BCUT2D eigenvalue weighted by atomic mass is 16.2. The zero-order chi connectivity index (χ0) is 18.9. The molecular weight excluding hydrogens is 348 g/mol. The molecule has 1 amide bonds. The van der Waals surface area contributed by atoms with Crippen LogP contribution in [0.1, 0.15) is 23.2 Å². The van der Waals surface area contributed by atoms with Crippen LogP contribution < -0.4 is 0 Å². The lowest BCUT2D eigenvalue weighted by Gasteiger charge is -2.16. The zero-order valence-electron chi connectivity index (χ0n) is 15.5. The average molecular weight is 368 g/mol. The van der Waals surface area contributed by atoms with Crippen molar-refractivity contribution in [1.29, 1.82) is 0 Å². The number of aromatic nitrogens is 3. The minimum absolute atomic E-state index is 0.0420. The summed E-state index contributed by atoms with van der Waals surface area (Å²) in [6.45, 7) is 1.62. The van der Waals surface area contributed by atoms with Crippen LogP contribution in [-0.4, -0.2) is 38.4 Å². The van der Waals surface area contributed by atoms with Crippen LogP contribution in [-0.2, 0) is 0 Å². The maximum absolute atomic E-state index is 13.2. The summed E-state index contributed by atoms with van der Waals surface area (Å²) < 4.78 is 1.95. The Kier molecular flexibility index (Phi) is 4.13. The molecule has 1 aliphatic rings. The highest BCUT2D eigenvalue weighted by molar-refractivity contribution is 6.05. The Hall–Kier alpha value is -3.47. The normalized spacial score (nSPS) is 13.9. The molecule has 0 atom stereocenters. The maximum atomic E-state index is 13.2. The fraction of sp³-hybridized carbons (Fsp3) is 0.174. The van der Waals surface area contributed by atoms with Crippen molar-refractivity contribution in [2.45, 2.75) is 12.8 Å². The van der Waals surface area contributed by atoms with E-state index in [0.717, 1.165) is 42.9 Å². The van der Waals surface area contributed by atoms with Gasteiger partial charge in [-0.2, -0.15) is 0 Å². The van der Waals surface area contributed by atoms with Crippen LogP contribution in [0.4, 0.5) is 0 Å². The van der Waals surface area contributed by atoms with Gasteiger partial charge in [0.2, 0.25) is 0 Å². The van der Waals surface area contributed by atoms with Gasteiger partial charge >= 0.3 is 0 Å². The number of nitrogens with zero attached hydrogens (tertiary/aromatic N) is 4. The van der Waals surface area contributed by atoms with E-state index in [1.807, 2.05) is 76.2 Å². The summed E-state index contributed by atoms with van der Waals surface area (Å²) >= 11 is 0. The van der Waals surface area contributed by atoms with Crippen LogP contribution in [0.3, 0.4) is 0 Å². The average Bonchev–Trinajstić information content (AvgIpc) is 3.44. The van der Waals surface area contributed by atoms with E-state index >= 15 is 0 Å². The second kappa shape index (κ2) is 6.93. The minimum Gasteiger partial charge on any atom is -0.339 e. The van der Waals surface area contributed by atoms with Crippen molar-refractivity contribution in [3.8, 4) is 16.9 Å². The number of fused-ring (bicyclic) bond motifs is 1. The van der Waals surface area contributed by atoms with E-state index in [4.69, 9.17) is 4.98 Å². The van der Waals surface area contributed by atoms with Gasteiger partial charge in [-0.3, -0.25) is 9.36 Å². The topological polar surface area (TPSA) is 51.0 Å². The molecule has 138 valence electrons. The largest absolute Gasteiger partial charge is 0.339 e. The molecule has 2 aromatic carbocycles. The number of hydrogen-bond acceptors (Lipinski definition) is 3. The first-order chi connectivity index (χ1) is 13.8. The summed E-state index contributed by atoms with van der Waals surface area (Å²) in [6.07, 6.45) is 3.87. The van der Waals surface area contributed by atoms with E-state index in [-0.39, 0.29) is 5.91 Å². The monoisotopic (exact) mass is 368 g/mol. The Morgan fingerprint density at radius 1 is 0.893 bits per heavy atom. The van der Waals surface area contributed by atoms with Crippen molar-refractivity contribution in [2.24, 2.45) is 0 Å². The number of carbonyl (C=O) groups is 1. The number of pyridine rings is 1. The van der Waals surface area contributed by atoms with Crippen LogP contribution in [0.5, 0.6) is 0 Å². The standard InChI is InChI=1S/C23H20N4O/c28-23(26-13-7-8-14-26)19-15-20(17-9-3-1-4-10-17)25-22-21(19)24-16-27(22)18-11-5-2-6-12-18/h1-6,9-12,15-16H,7-8,13-14H2. The third-order valence-electron chi connectivity index (χ3n) is 5.23. The lowest BCUT2D eigenvalue weighted by atomic mass is 10.1. The van der Waals surface area contributed by atoms with Gasteiger partial charge in [0.05, 0.1) is 11.3 Å². The molecule has 0 N–H and O–H groups in total. The molecule has 0 bridgehead atoms. The molecule has 5 heteroatoms. The van der Waals surface area contributed by atoms with Crippen LogP contribution in [0.25, 0.3) is 28.1 Å². The van der Waals surface area contributed by atoms with Crippen LogP contribution >= 0.6 is 0 Å². The summed E-state index contributed by atoms with van der Waals surface area (Å²) in [5.41, 5.74) is 4.73. The van der Waals surface area contributed by atoms with Gasteiger partial charge in [0.1, 0.15) is 11.8 Å². The van der Waals surface area contributed by atoms with Crippen LogP contribution in [0.2, 0.25) is 0 Å². The number of para-hydroxylation sites is 1. The van der Waals surface area contributed by atoms with E-state index in [9.17, 15) is 4.79 Å². The third kappa shape index (κ3) is 2.85. The summed E-state index contributed by atoms with van der Waals surface area (Å²) in [4.78, 5) is 24.6. The Morgan fingerprint density at radius 2 is 1.57 bits per heavy atom. The molecule has 0 aliphatic carbocycles. The number of amides is 1. The smallest absolute Gasteiger partial charge is 0.256 e. The van der Waals surface area contributed by atoms with E-state index in [1.165, 1.54) is 0 Å². The molecule has 2 aromatic heterocycles. The van der Waals surface area contributed by atoms with Gasteiger partial charge in [-0.1, -0.05) is 48.5 Å². The van der Waals surface area contributed by atoms with E-state index in [0.29, 0.717) is 16.7 Å². The summed E-state index contributed by atoms with van der Waals surface area (Å²) in [5.74, 6) is 0.0420. The lowest BCUT2D eigenvalue weighted by molar-refractivity contribution is 0.0794. The maximum Gasteiger partial charge on any atom is 0.256 e.